The molecule has 3 N–H and O–H groups in total. The number of nitrogens with one attached hydrogen (secondary N) is 3. The van der Waals surface area contributed by atoms with Crippen molar-refractivity contribution in [1.29, 1.82) is 0 Å². The Morgan fingerprint density at radius 2 is 1.82 bits per heavy atom. The van der Waals surface area contributed by atoms with Gasteiger partial charge in [-0.15, -0.1) is 11.3 Å². The van der Waals surface area contributed by atoms with Gasteiger partial charge in [-0.2, -0.15) is 0 Å². The number of nitrogens with zero attached hydrogens (tertiary/aromatic N) is 2. The van der Waals surface area contributed by atoms with E-state index in [1.807, 2.05) is 18.2 Å². The van der Waals surface area contributed by atoms with Crippen LogP contribution in [0, 0.1) is 0 Å². The van der Waals surface area contributed by atoms with Crippen LogP contribution in [0.25, 0.3) is 21.4 Å². The molecule has 22 heavy (non-hydrogen) atoms. The van der Waals surface area contributed by atoms with Crippen molar-refractivity contribution < 1.29 is 14.4 Å². The summed E-state index contributed by atoms with van der Waals surface area (Å²) in [5.41, 5.74) is 6.28. The number of hydrogen-bond acceptors (Lipinski definition) is 6. The maximum absolute atomic E-state index is 12.0. The number of carbonyl (C=O) groups is 3. The number of hydrazine groups is 1. The monoisotopic (exact) mass is 315 g/mol. The van der Waals surface area contributed by atoms with Crippen LogP contribution in [0.2, 0.25) is 0 Å². The predicted octanol–water partition coefficient (Wildman–Crippen LogP) is 0.804. The lowest BCUT2D eigenvalue weighted by Crippen LogP contribution is -2.36. The maximum atomic E-state index is 12.0. The second-order valence-corrected chi connectivity index (χ2v) is 5.15. The van der Waals surface area contributed by atoms with E-state index in [0.717, 1.165) is 11.3 Å². The van der Waals surface area contributed by atoms with Crippen molar-refractivity contribution in [3.8, 4) is 0 Å². The molecule has 0 aliphatic rings. The molecule has 0 unspecified atom stereocenters. The largest absolute Gasteiger partial charge is 0.325 e. The van der Waals surface area contributed by atoms with Gasteiger partial charge in [0.15, 0.2) is 0 Å². The van der Waals surface area contributed by atoms with Crippen molar-refractivity contribution in [3.05, 3.63) is 29.1 Å². The number of aromatic nitrogens is 2. The highest BCUT2D eigenvalue weighted by Crippen LogP contribution is 2.34. The maximum Gasteiger partial charge on any atom is 0.282 e. The van der Waals surface area contributed by atoms with Gasteiger partial charge < -0.3 is 5.32 Å². The van der Waals surface area contributed by atoms with Gasteiger partial charge in [-0.05, 0) is 12.1 Å². The first-order chi connectivity index (χ1) is 10.7. The Labute approximate surface area is 127 Å². The minimum absolute atomic E-state index is 0.201. The van der Waals surface area contributed by atoms with Crippen LogP contribution in [-0.2, 0) is 9.59 Å². The van der Waals surface area contributed by atoms with Crippen molar-refractivity contribution in [1.82, 2.24) is 20.8 Å². The van der Waals surface area contributed by atoms with E-state index < -0.39 is 5.91 Å². The third-order valence-corrected chi connectivity index (χ3v) is 3.93. The zero-order valence-electron chi connectivity index (χ0n) is 11.0. The molecule has 3 amide bonds. The summed E-state index contributed by atoms with van der Waals surface area (Å²) in [6, 6.07) is 7.26. The summed E-state index contributed by atoms with van der Waals surface area (Å²) in [6.07, 6.45) is 0.797. The summed E-state index contributed by atoms with van der Waals surface area (Å²) in [4.78, 5) is 42.7. The quantitative estimate of drug-likeness (QED) is 0.476. The lowest BCUT2D eigenvalue weighted by atomic mass is 10.3. The number of carbonyl (C=O) groups excluding carboxylic acids is 3. The Balaban J connectivity index is 2.20. The van der Waals surface area contributed by atoms with Crippen molar-refractivity contribution >= 4 is 57.1 Å². The Kier molecular flexibility index (Phi) is 3.62. The van der Waals surface area contributed by atoms with Crippen LogP contribution in [0.4, 0.5) is 5.69 Å². The molecule has 2 aromatic heterocycles. The highest BCUT2D eigenvalue weighted by atomic mass is 32.1. The van der Waals surface area contributed by atoms with E-state index >= 15 is 0 Å². The highest BCUT2D eigenvalue weighted by molar-refractivity contribution is 7.21. The summed E-state index contributed by atoms with van der Waals surface area (Å²) < 4.78 is 0. The minimum Gasteiger partial charge on any atom is -0.325 e. The van der Waals surface area contributed by atoms with E-state index in [1.165, 1.54) is 0 Å². The van der Waals surface area contributed by atoms with Crippen LogP contribution >= 0.6 is 11.3 Å². The molecule has 3 aromatic rings. The number of anilines is 1. The Morgan fingerprint density at radius 1 is 1.09 bits per heavy atom. The summed E-state index contributed by atoms with van der Waals surface area (Å²) in [5.74, 6) is -0.565. The van der Waals surface area contributed by atoms with E-state index in [2.05, 4.69) is 26.1 Å². The van der Waals surface area contributed by atoms with Crippen LogP contribution in [-0.4, -0.2) is 28.7 Å². The lowest BCUT2D eigenvalue weighted by molar-refractivity contribution is -0.110. The van der Waals surface area contributed by atoms with Crippen LogP contribution in [0.3, 0.4) is 0 Å². The minimum atomic E-state index is -0.565. The molecule has 3 rings (SSSR count). The average molecular weight is 315 g/mol. The molecule has 0 fully saturated rings. The molecule has 0 saturated heterocycles. The third kappa shape index (κ3) is 2.33. The van der Waals surface area contributed by atoms with E-state index in [9.17, 15) is 14.4 Å². The smallest absolute Gasteiger partial charge is 0.282 e. The molecule has 9 heteroatoms. The van der Waals surface area contributed by atoms with Crippen molar-refractivity contribution in [2.75, 3.05) is 5.32 Å². The molecular weight excluding hydrogens is 306 g/mol. The number of benzene rings is 1. The SMILES string of the molecule is O=CNNC(=O)c1sc2nc3ccccc3nc2c1NC=O. The van der Waals surface area contributed by atoms with Gasteiger partial charge in [0, 0.05) is 0 Å². The van der Waals surface area contributed by atoms with Gasteiger partial charge in [0.1, 0.15) is 15.2 Å². The number of amides is 3. The van der Waals surface area contributed by atoms with Gasteiger partial charge in [-0.1, -0.05) is 12.1 Å². The lowest BCUT2D eigenvalue weighted by Gasteiger charge is -2.03. The molecule has 2 heterocycles. The first-order valence-corrected chi connectivity index (χ1v) is 6.95. The van der Waals surface area contributed by atoms with Crippen molar-refractivity contribution in [2.45, 2.75) is 0 Å². The number of thiophene rings is 1. The van der Waals surface area contributed by atoms with Gasteiger partial charge >= 0.3 is 0 Å². The van der Waals surface area contributed by atoms with Gasteiger partial charge in [0.25, 0.3) is 5.91 Å². The van der Waals surface area contributed by atoms with E-state index in [-0.39, 0.29) is 10.6 Å². The molecule has 1 aromatic carbocycles. The second-order valence-electron chi connectivity index (χ2n) is 4.15. The van der Waals surface area contributed by atoms with Gasteiger partial charge in [0.2, 0.25) is 12.8 Å². The Hall–Kier alpha value is -3.07. The fourth-order valence-corrected chi connectivity index (χ4v) is 2.96. The molecule has 110 valence electrons. The molecule has 0 aliphatic heterocycles. The van der Waals surface area contributed by atoms with E-state index in [0.29, 0.717) is 34.2 Å². The summed E-state index contributed by atoms with van der Waals surface area (Å²) >= 11 is 1.07. The van der Waals surface area contributed by atoms with Crippen LogP contribution < -0.4 is 16.2 Å². The fourth-order valence-electron chi connectivity index (χ4n) is 1.98. The zero-order chi connectivity index (χ0) is 15.5. The summed E-state index contributed by atoms with van der Waals surface area (Å²) in [6.45, 7) is 0. The molecule has 0 saturated carbocycles. The van der Waals surface area contributed by atoms with Crippen LogP contribution in [0.1, 0.15) is 9.67 Å². The van der Waals surface area contributed by atoms with Crippen molar-refractivity contribution in [2.24, 2.45) is 0 Å². The topological polar surface area (TPSA) is 113 Å². The number of hydrogen-bond donors (Lipinski definition) is 3. The molecule has 0 radical (unpaired) electrons. The van der Waals surface area contributed by atoms with Gasteiger partial charge in [-0.3, -0.25) is 25.2 Å². The summed E-state index contributed by atoms with van der Waals surface area (Å²) in [5, 5.41) is 2.47. The second kappa shape index (κ2) is 5.74. The number of rotatable bonds is 5. The normalized spacial score (nSPS) is 10.4. The van der Waals surface area contributed by atoms with E-state index in [1.54, 1.807) is 6.07 Å². The van der Waals surface area contributed by atoms with Gasteiger partial charge in [0.05, 0.1) is 16.7 Å². The highest BCUT2D eigenvalue weighted by Gasteiger charge is 2.20. The molecule has 8 nitrogen and oxygen atoms in total. The first-order valence-electron chi connectivity index (χ1n) is 6.13. The molecular formula is C13H9N5O3S. The zero-order valence-corrected chi connectivity index (χ0v) is 11.8. The van der Waals surface area contributed by atoms with Gasteiger partial charge in [-0.25, -0.2) is 9.97 Å². The van der Waals surface area contributed by atoms with Crippen LogP contribution in [0.5, 0.6) is 0 Å². The third-order valence-electron chi connectivity index (χ3n) is 2.86. The molecule has 0 spiro atoms. The van der Waals surface area contributed by atoms with Crippen LogP contribution in [0.15, 0.2) is 24.3 Å². The standard InChI is InChI=1S/C13H9N5O3S/c19-5-14-9-10-13(22-11(9)12(21)18-15-6-20)17-8-4-2-1-3-7(8)16-10/h1-6H,(H,14,19)(H,15,20)(H,18,21). The number of fused-ring (bicyclic) bond motifs is 2. The van der Waals surface area contributed by atoms with Crippen molar-refractivity contribution in [3.63, 3.8) is 0 Å². The summed E-state index contributed by atoms with van der Waals surface area (Å²) in [7, 11) is 0. The van der Waals surface area contributed by atoms with E-state index in [4.69, 9.17) is 0 Å². The molecule has 0 aliphatic carbocycles. The average Bonchev–Trinajstić information content (AvgIpc) is 2.89. The Bertz CT molecular complexity index is 892. The Morgan fingerprint density at radius 3 is 2.50 bits per heavy atom. The molecule has 0 bridgehead atoms. The predicted molar refractivity (Wildman–Crippen MR) is 81.3 cm³/mol. The number of para-hydroxylation sites is 2. The first kappa shape index (κ1) is 13.9. The fraction of sp³-hybridized carbons (Fsp3) is 0. The molecule has 0 atom stereocenters.